The highest BCUT2D eigenvalue weighted by molar-refractivity contribution is 7.92. The number of nitriles is 1. The smallest absolute Gasteiger partial charge is 0.268 e. The summed E-state index contributed by atoms with van der Waals surface area (Å²) in [6.45, 7) is 4.59. The fraction of sp³-hybridized carbons (Fsp3) is 0.217. The van der Waals surface area contributed by atoms with Crippen LogP contribution in [0.4, 0.5) is 5.13 Å². The second kappa shape index (κ2) is 11.3. The summed E-state index contributed by atoms with van der Waals surface area (Å²) in [6.07, 6.45) is 2.32. The number of aromatic nitrogens is 2. The molecule has 9 nitrogen and oxygen atoms in total. The zero-order valence-corrected chi connectivity index (χ0v) is 21.4. The number of amides is 1. The summed E-state index contributed by atoms with van der Waals surface area (Å²) < 4.78 is 34.1. The van der Waals surface area contributed by atoms with Gasteiger partial charge in [-0.25, -0.2) is 8.42 Å². The predicted octanol–water partition coefficient (Wildman–Crippen LogP) is 4.22. The molecule has 182 valence electrons. The number of carbonyl (C=O) groups is 1. The van der Waals surface area contributed by atoms with Crippen LogP contribution in [-0.2, 0) is 14.6 Å². The molecular weight excluding hydrogens is 512 g/mol. The fourth-order valence-corrected chi connectivity index (χ4v) is 4.69. The first kappa shape index (κ1) is 26.2. The van der Waals surface area contributed by atoms with Gasteiger partial charge in [-0.05, 0) is 60.9 Å². The Morgan fingerprint density at radius 3 is 2.43 bits per heavy atom. The summed E-state index contributed by atoms with van der Waals surface area (Å²) in [7, 11) is -3.55. The number of halogens is 1. The molecular formula is C23H21ClN4O5S2. The normalized spacial score (nSPS) is 11.6. The zero-order valence-electron chi connectivity index (χ0n) is 19.0. The van der Waals surface area contributed by atoms with Crippen LogP contribution in [0.2, 0.25) is 5.02 Å². The number of carbonyl (C=O) groups excluding carboxylic acids is 1. The van der Waals surface area contributed by atoms with E-state index >= 15 is 0 Å². The number of ether oxygens (including phenoxy) is 2. The average molecular weight is 533 g/mol. The third kappa shape index (κ3) is 7.51. The van der Waals surface area contributed by atoms with E-state index < -0.39 is 15.7 Å². The van der Waals surface area contributed by atoms with Crippen LogP contribution in [0.1, 0.15) is 16.7 Å². The molecule has 0 radical (unpaired) electrons. The van der Waals surface area contributed by atoms with E-state index in [1.807, 2.05) is 26.0 Å². The van der Waals surface area contributed by atoms with Crippen LogP contribution >= 0.6 is 22.9 Å². The maximum absolute atomic E-state index is 12.4. The average Bonchev–Trinajstić information content (AvgIpc) is 3.24. The minimum Gasteiger partial charge on any atom is -0.490 e. The molecule has 0 spiro atoms. The molecule has 0 aliphatic heterocycles. The van der Waals surface area contributed by atoms with E-state index in [-0.39, 0.29) is 21.7 Å². The lowest BCUT2D eigenvalue weighted by Gasteiger charge is -2.11. The number of benzene rings is 2. The van der Waals surface area contributed by atoms with Crippen molar-refractivity contribution >= 4 is 49.9 Å². The standard InChI is InChI=1S/C23H21ClN4O5S2/c1-14-8-15(2)10-18(9-14)32-6-7-33-20-5-4-16(12-19(20)24)11-17(13-25)21(29)26-22-27-28-23(34-22)35(3,30)31/h4-5,8-12H,6-7H2,1-3H3,(H,26,27,29). The van der Waals surface area contributed by atoms with Crippen LogP contribution in [0.15, 0.2) is 46.3 Å². The van der Waals surface area contributed by atoms with Gasteiger partial charge in [-0.2, -0.15) is 5.26 Å². The van der Waals surface area contributed by atoms with Crippen LogP contribution in [0.25, 0.3) is 6.08 Å². The van der Waals surface area contributed by atoms with Gasteiger partial charge in [0, 0.05) is 6.26 Å². The third-order valence-electron chi connectivity index (χ3n) is 4.38. The maximum atomic E-state index is 12.4. The van der Waals surface area contributed by atoms with Gasteiger partial charge in [0.25, 0.3) is 5.91 Å². The Morgan fingerprint density at radius 1 is 1.14 bits per heavy atom. The Morgan fingerprint density at radius 2 is 1.83 bits per heavy atom. The summed E-state index contributed by atoms with van der Waals surface area (Å²) in [5, 5.41) is 19.1. The monoisotopic (exact) mass is 532 g/mol. The Hall–Kier alpha value is -3.46. The molecule has 12 heteroatoms. The van der Waals surface area contributed by atoms with Crippen LogP contribution < -0.4 is 14.8 Å². The largest absolute Gasteiger partial charge is 0.490 e. The molecule has 1 N–H and O–H groups in total. The first-order valence-corrected chi connectivity index (χ1v) is 13.2. The molecule has 35 heavy (non-hydrogen) atoms. The molecule has 0 saturated heterocycles. The summed E-state index contributed by atoms with van der Waals surface area (Å²) in [6, 6.07) is 12.6. The van der Waals surface area contributed by atoms with E-state index in [1.54, 1.807) is 24.3 Å². The van der Waals surface area contributed by atoms with E-state index in [0.29, 0.717) is 34.3 Å². The molecule has 0 atom stereocenters. The van der Waals surface area contributed by atoms with E-state index in [1.165, 1.54) is 6.08 Å². The Balaban J connectivity index is 1.60. The van der Waals surface area contributed by atoms with Gasteiger partial charge in [0.1, 0.15) is 36.4 Å². The second-order valence-electron chi connectivity index (χ2n) is 7.48. The summed E-state index contributed by atoms with van der Waals surface area (Å²) in [5.74, 6) is 0.433. The molecule has 0 aliphatic carbocycles. The van der Waals surface area contributed by atoms with Crippen molar-refractivity contribution in [2.75, 3.05) is 24.8 Å². The van der Waals surface area contributed by atoms with Gasteiger partial charge in [-0.1, -0.05) is 35.1 Å². The number of anilines is 1. The maximum Gasteiger partial charge on any atom is 0.268 e. The van der Waals surface area contributed by atoms with Gasteiger partial charge in [-0.15, -0.1) is 10.2 Å². The highest BCUT2D eigenvalue weighted by Gasteiger charge is 2.17. The highest BCUT2D eigenvalue weighted by Crippen LogP contribution is 2.27. The lowest BCUT2D eigenvalue weighted by Crippen LogP contribution is -2.13. The summed E-state index contributed by atoms with van der Waals surface area (Å²) in [5.41, 5.74) is 2.49. The van der Waals surface area contributed by atoms with E-state index in [2.05, 4.69) is 21.6 Å². The molecule has 0 fully saturated rings. The van der Waals surface area contributed by atoms with Crippen molar-refractivity contribution in [3.63, 3.8) is 0 Å². The fourth-order valence-electron chi connectivity index (χ4n) is 2.94. The van der Waals surface area contributed by atoms with Crippen LogP contribution in [0.3, 0.4) is 0 Å². The van der Waals surface area contributed by atoms with Crippen molar-refractivity contribution in [3.05, 3.63) is 63.7 Å². The lowest BCUT2D eigenvalue weighted by atomic mass is 10.1. The highest BCUT2D eigenvalue weighted by atomic mass is 35.5. The topological polar surface area (TPSA) is 131 Å². The zero-order chi connectivity index (χ0) is 25.6. The molecule has 1 aromatic heterocycles. The van der Waals surface area contributed by atoms with Crippen molar-refractivity contribution in [3.8, 4) is 17.6 Å². The Labute approximate surface area is 211 Å². The summed E-state index contributed by atoms with van der Waals surface area (Å²) in [4.78, 5) is 12.4. The molecule has 0 aliphatic rings. The van der Waals surface area contributed by atoms with Gasteiger partial charge in [0.2, 0.25) is 19.3 Å². The minimum absolute atomic E-state index is 0.0404. The van der Waals surface area contributed by atoms with Crippen molar-refractivity contribution in [2.45, 2.75) is 18.2 Å². The number of hydrogen-bond donors (Lipinski definition) is 1. The Kier molecular flexibility index (Phi) is 8.45. The molecule has 0 bridgehead atoms. The molecule has 1 heterocycles. The quantitative estimate of drug-likeness (QED) is 0.187. The van der Waals surface area contributed by atoms with Crippen molar-refractivity contribution < 1.29 is 22.7 Å². The first-order valence-electron chi connectivity index (χ1n) is 10.2. The van der Waals surface area contributed by atoms with E-state index in [4.69, 9.17) is 21.1 Å². The van der Waals surface area contributed by atoms with Gasteiger partial charge >= 0.3 is 0 Å². The van der Waals surface area contributed by atoms with Gasteiger partial charge < -0.3 is 9.47 Å². The van der Waals surface area contributed by atoms with E-state index in [0.717, 1.165) is 23.1 Å². The molecule has 3 rings (SSSR count). The Bertz CT molecular complexity index is 1410. The number of hydrogen-bond acceptors (Lipinski definition) is 9. The molecule has 2 aromatic carbocycles. The van der Waals surface area contributed by atoms with Crippen LogP contribution in [0, 0.1) is 25.2 Å². The van der Waals surface area contributed by atoms with E-state index in [9.17, 15) is 18.5 Å². The molecule has 3 aromatic rings. The van der Waals surface area contributed by atoms with Gasteiger partial charge in [0.05, 0.1) is 5.02 Å². The first-order chi connectivity index (χ1) is 16.5. The van der Waals surface area contributed by atoms with Crippen molar-refractivity contribution in [2.24, 2.45) is 0 Å². The minimum atomic E-state index is -3.55. The van der Waals surface area contributed by atoms with Gasteiger partial charge in [0.15, 0.2) is 0 Å². The van der Waals surface area contributed by atoms with Crippen molar-refractivity contribution in [1.29, 1.82) is 5.26 Å². The molecule has 0 saturated carbocycles. The second-order valence-corrected chi connectivity index (χ2v) is 11.1. The lowest BCUT2D eigenvalue weighted by molar-refractivity contribution is -0.112. The predicted molar refractivity (Wildman–Crippen MR) is 134 cm³/mol. The molecule has 0 unspecified atom stereocenters. The number of sulfone groups is 1. The van der Waals surface area contributed by atoms with Crippen LogP contribution in [-0.4, -0.2) is 44.0 Å². The number of nitrogens with one attached hydrogen (secondary N) is 1. The number of nitrogens with zero attached hydrogens (tertiary/aromatic N) is 3. The molecule has 1 amide bonds. The SMILES string of the molecule is Cc1cc(C)cc(OCCOc2ccc(C=C(C#N)C(=O)Nc3nnc(S(C)(=O)=O)s3)cc2Cl)c1. The van der Waals surface area contributed by atoms with Gasteiger partial charge in [-0.3, -0.25) is 10.1 Å². The third-order valence-corrected chi connectivity index (χ3v) is 7.18. The summed E-state index contributed by atoms with van der Waals surface area (Å²) >= 11 is 6.99. The van der Waals surface area contributed by atoms with Crippen molar-refractivity contribution in [1.82, 2.24) is 10.2 Å². The number of aryl methyl sites for hydroxylation is 2. The van der Waals surface area contributed by atoms with Crippen LogP contribution in [0.5, 0.6) is 11.5 Å². The number of rotatable bonds is 9.